The van der Waals surface area contributed by atoms with Crippen molar-refractivity contribution in [2.24, 2.45) is 0 Å². The number of aryl methyl sites for hydroxylation is 2. The lowest BCUT2D eigenvalue weighted by Crippen LogP contribution is -2.13. The van der Waals surface area contributed by atoms with Gasteiger partial charge in [0, 0.05) is 6.42 Å². The summed E-state index contributed by atoms with van der Waals surface area (Å²) in [7, 11) is 0. The fraction of sp³-hybridized carbons (Fsp3) is 0.455. The molecule has 0 aliphatic carbocycles. The highest BCUT2D eigenvalue weighted by Gasteiger charge is 2.12. The summed E-state index contributed by atoms with van der Waals surface area (Å²) in [5, 5.41) is 4.02. The van der Waals surface area contributed by atoms with Gasteiger partial charge >= 0.3 is 5.97 Å². The summed E-state index contributed by atoms with van der Waals surface area (Å²) in [6, 6.07) is 0. The molecule has 2 heterocycles. The number of nitrogens with one attached hydrogen (secondary N) is 1. The minimum Gasteiger partial charge on any atom is -0.466 e. The smallest absolute Gasteiger partial charge is 0.306 e. The zero-order valence-electron chi connectivity index (χ0n) is 10.1. The number of fused-ring (bicyclic) bond motifs is 1. The van der Waals surface area contributed by atoms with Crippen molar-refractivity contribution in [3.05, 3.63) is 21.9 Å². The summed E-state index contributed by atoms with van der Waals surface area (Å²) in [4.78, 5) is 29.6. The van der Waals surface area contributed by atoms with Crippen molar-refractivity contribution in [3.63, 3.8) is 0 Å². The van der Waals surface area contributed by atoms with E-state index in [0.717, 1.165) is 0 Å². The van der Waals surface area contributed by atoms with Crippen LogP contribution in [0, 0.1) is 6.92 Å². The first-order valence-electron chi connectivity index (χ1n) is 5.62. The Hall–Kier alpha value is -2.18. The lowest BCUT2D eigenvalue weighted by molar-refractivity contribution is -0.143. The Morgan fingerprint density at radius 1 is 1.50 bits per heavy atom. The summed E-state index contributed by atoms with van der Waals surface area (Å²) in [6.07, 6.45) is 0.458. The number of esters is 1. The first-order chi connectivity index (χ1) is 8.61. The largest absolute Gasteiger partial charge is 0.466 e. The number of carbonyl (C=O) groups is 1. The van der Waals surface area contributed by atoms with E-state index in [1.807, 2.05) is 0 Å². The first kappa shape index (κ1) is 12.3. The van der Waals surface area contributed by atoms with E-state index in [2.05, 4.69) is 15.1 Å². The summed E-state index contributed by atoms with van der Waals surface area (Å²) >= 11 is 0. The summed E-state index contributed by atoms with van der Waals surface area (Å²) in [5.74, 6) is 0.0608. The highest BCUT2D eigenvalue weighted by molar-refractivity contribution is 5.74. The lowest BCUT2D eigenvalue weighted by atomic mass is 10.3. The molecule has 0 amide bonds. The van der Waals surface area contributed by atoms with Crippen molar-refractivity contribution in [1.29, 1.82) is 0 Å². The third-order valence-corrected chi connectivity index (χ3v) is 2.44. The SMILES string of the molecule is CCOC(=O)CCc1nc2onc(C)c2c(=O)[nH]1. The number of nitrogens with zero attached hydrogens (tertiary/aromatic N) is 2. The Morgan fingerprint density at radius 3 is 3.00 bits per heavy atom. The maximum absolute atomic E-state index is 11.7. The fourth-order valence-corrected chi connectivity index (χ4v) is 1.61. The highest BCUT2D eigenvalue weighted by Crippen LogP contribution is 2.10. The van der Waals surface area contributed by atoms with E-state index in [1.165, 1.54) is 0 Å². The molecule has 0 aromatic carbocycles. The van der Waals surface area contributed by atoms with Crippen molar-refractivity contribution in [2.75, 3.05) is 6.61 Å². The summed E-state index contributed by atoms with van der Waals surface area (Å²) in [6.45, 7) is 3.74. The Labute approximate surface area is 102 Å². The van der Waals surface area contributed by atoms with Gasteiger partial charge in [-0.05, 0) is 13.8 Å². The highest BCUT2D eigenvalue weighted by atomic mass is 16.5. The van der Waals surface area contributed by atoms with Crippen molar-refractivity contribution < 1.29 is 14.1 Å². The molecule has 96 valence electrons. The van der Waals surface area contributed by atoms with Crippen LogP contribution in [0.4, 0.5) is 0 Å². The number of rotatable bonds is 4. The number of carbonyl (C=O) groups excluding carboxylic acids is 1. The standard InChI is InChI=1S/C11H13N3O4/c1-3-17-8(15)5-4-7-12-10(16)9-6(2)14-18-11(9)13-7/h3-5H2,1-2H3,(H,12,13,16). The van der Waals surface area contributed by atoms with Gasteiger partial charge in [-0.25, -0.2) is 0 Å². The van der Waals surface area contributed by atoms with Gasteiger partial charge in [0.05, 0.1) is 18.7 Å². The second kappa shape index (κ2) is 4.99. The van der Waals surface area contributed by atoms with Crippen LogP contribution in [0.15, 0.2) is 9.32 Å². The maximum atomic E-state index is 11.7. The van der Waals surface area contributed by atoms with E-state index in [1.54, 1.807) is 13.8 Å². The Bertz CT molecular complexity index is 629. The number of ether oxygens (including phenoxy) is 1. The Kier molecular flexibility index (Phi) is 3.40. The van der Waals surface area contributed by atoms with Gasteiger partial charge in [0.1, 0.15) is 11.2 Å². The van der Waals surface area contributed by atoms with Crippen molar-refractivity contribution >= 4 is 17.1 Å². The van der Waals surface area contributed by atoms with Crippen LogP contribution in [0.5, 0.6) is 0 Å². The fourth-order valence-electron chi connectivity index (χ4n) is 1.61. The third-order valence-electron chi connectivity index (χ3n) is 2.44. The van der Waals surface area contributed by atoms with Crippen LogP contribution < -0.4 is 5.56 Å². The van der Waals surface area contributed by atoms with Gasteiger partial charge in [-0.1, -0.05) is 5.16 Å². The van der Waals surface area contributed by atoms with E-state index in [0.29, 0.717) is 29.9 Å². The van der Waals surface area contributed by atoms with E-state index < -0.39 is 0 Å². The molecule has 0 aliphatic heterocycles. The van der Waals surface area contributed by atoms with Crippen LogP contribution in [-0.2, 0) is 16.0 Å². The molecule has 2 aromatic rings. The van der Waals surface area contributed by atoms with Crippen molar-refractivity contribution in [2.45, 2.75) is 26.7 Å². The first-order valence-corrected chi connectivity index (χ1v) is 5.62. The molecule has 0 unspecified atom stereocenters. The summed E-state index contributed by atoms with van der Waals surface area (Å²) in [5.41, 5.74) is 0.378. The molecule has 0 fully saturated rings. The minimum atomic E-state index is -0.325. The molecule has 7 nitrogen and oxygen atoms in total. The quantitative estimate of drug-likeness (QED) is 0.804. The molecule has 7 heteroatoms. The second-order valence-electron chi connectivity index (χ2n) is 3.77. The van der Waals surface area contributed by atoms with Crippen molar-refractivity contribution in [3.8, 4) is 0 Å². The number of hydrogen-bond acceptors (Lipinski definition) is 6. The predicted molar refractivity (Wildman–Crippen MR) is 62.1 cm³/mol. The van der Waals surface area contributed by atoms with Gasteiger partial charge in [-0.3, -0.25) is 9.59 Å². The van der Waals surface area contributed by atoms with Gasteiger partial charge < -0.3 is 14.2 Å². The molecule has 0 radical (unpaired) electrons. The van der Waals surface area contributed by atoms with Crippen LogP contribution in [0.2, 0.25) is 0 Å². The lowest BCUT2D eigenvalue weighted by Gasteiger charge is -2.01. The molecular formula is C11H13N3O4. The number of aromatic amines is 1. The zero-order valence-corrected chi connectivity index (χ0v) is 10.1. The number of aromatic nitrogens is 3. The van der Waals surface area contributed by atoms with Gasteiger partial charge in [0.25, 0.3) is 11.3 Å². The van der Waals surface area contributed by atoms with E-state index in [4.69, 9.17) is 9.26 Å². The molecule has 0 saturated heterocycles. The number of H-pyrrole nitrogens is 1. The molecule has 0 bridgehead atoms. The average molecular weight is 251 g/mol. The number of hydrogen-bond donors (Lipinski definition) is 1. The third kappa shape index (κ3) is 2.39. The van der Waals surface area contributed by atoms with Crippen LogP contribution >= 0.6 is 0 Å². The summed E-state index contributed by atoms with van der Waals surface area (Å²) < 4.78 is 9.72. The van der Waals surface area contributed by atoms with Crippen molar-refractivity contribution in [1.82, 2.24) is 15.1 Å². The molecule has 0 spiro atoms. The normalized spacial score (nSPS) is 10.8. The van der Waals surface area contributed by atoms with Crippen LogP contribution in [0.3, 0.4) is 0 Å². The van der Waals surface area contributed by atoms with E-state index >= 15 is 0 Å². The van der Waals surface area contributed by atoms with E-state index in [9.17, 15) is 9.59 Å². The molecule has 1 N–H and O–H groups in total. The Balaban J connectivity index is 2.20. The van der Waals surface area contributed by atoms with E-state index in [-0.39, 0.29) is 23.7 Å². The van der Waals surface area contributed by atoms with Gasteiger partial charge in [-0.2, -0.15) is 4.98 Å². The van der Waals surface area contributed by atoms with Gasteiger partial charge in [-0.15, -0.1) is 0 Å². The molecule has 0 aliphatic rings. The van der Waals surface area contributed by atoms with Crippen LogP contribution in [-0.4, -0.2) is 27.7 Å². The maximum Gasteiger partial charge on any atom is 0.306 e. The monoisotopic (exact) mass is 251 g/mol. The van der Waals surface area contributed by atoms with Crippen LogP contribution in [0.1, 0.15) is 24.9 Å². The Morgan fingerprint density at radius 2 is 2.28 bits per heavy atom. The molecular weight excluding hydrogens is 238 g/mol. The minimum absolute atomic E-state index is 0.162. The molecule has 2 aromatic heterocycles. The molecule has 18 heavy (non-hydrogen) atoms. The molecule has 0 saturated carbocycles. The topological polar surface area (TPSA) is 98.1 Å². The van der Waals surface area contributed by atoms with Gasteiger partial charge in [0.2, 0.25) is 0 Å². The molecule has 2 rings (SSSR count). The average Bonchev–Trinajstić information content (AvgIpc) is 2.69. The van der Waals surface area contributed by atoms with Gasteiger partial charge in [0.15, 0.2) is 0 Å². The zero-order chi connectivity index (χ0) is 13.1. The van der Waals surface area contributed by atoms with Crippen LogP contribution in [0.25, 0.3) is 11.1 Å². The predicted octanol–water partition coefficient (Wildman–Crippen LogP) is 0.715. The molecule has 0 atom stereocenters. The second-order valence-corrected chi connectivity index (χ2v) is 3.77.